The van der Waals surface area contributed by atoms with Crippen molar-refractivity contribution in [2.24, 2.45) is 0 Å². The second-order valence-corrected chi connectivity index (χ2v) is 9.01. The van der Waals surface area contributed by atoms with Crippen molar-refractivity contribution in [3.8, 4) is 11.1 Å². The van der Waals surface area contributed by atoms with Crippen molar-refractivity contribution >= 4 is 11.0 Å². The van der Waals surface area contributed by atoms with E-state index in [2.05, 4.69) is 20.1 Å². The summed E-state index contributed by atoms with van der Waals surface area (Å²) in [4.78, 5) is 16.1. The number of H-pyrrole nitrogens is 1. The van der Waals surface area contributed by atoms with E-state index in [1.54, 1.807) is 13.0 Å². The molecule has 1 saturated carbocycles. The van der Waals surface area contributed by atoms with Crippen LogP contribution in [0.25, 0.3) is 22.2 Å². The number of hydrogen-bond donors (Lipinski definition) is 2. The second kappa shape index (κ2) is 7.78. The Morgan fingerprint density at radius 1 is 0.971 bits per heavy atom. The minimum absolute atomic E-state index is 0.123. The van der Waals surface area contributed by atoms with E-state index in [9.17, 15) is 13.9 Å². The summed E-state index contributed by atoms with van der Waals surface area (Å²) >= 11 is 0. The van der Waals surface area contributed by atoms with E-state index in [0.29, 0.717) is 34.0 Å². The number of nitrogens with one attached hydrogen (secondary N) is 1. The highest BCUT2D eigenvalue weighted by Crippen LogP contribution is 2.44. The Morgan fingerprint density at radius 2 is 1.63 bits per heavy atom. The van der Waals surface area contributed by atoms with Crippen molar-refractivity contribution in [3.63, 3.8) is 0 Å². The molecule has 7 nitrogen and oxygen atoms in total. The molecule has 176 valence electrons. The summed E-state index contributed by atoms with van der Waals surface area (Å²) in [6.07, 6.45) is 6.86. The van der Waals surface area contributed by atoms with Gasteiger partial charge in [-0.1, -0.05) is 5.16 Å². The Morgan fingerprint density at radius 3 is 2.17 bits per heavy atom. The minimum atomic E-state index is -2.01. The summed E-state index contributed by atoms with van der Waals surface area (Å²) in [7, 11) is 0. The Hall–Kier alpha value is -3.98. The van der Waals surface area contributed by atoms with E-state index in [4.69, 9.17) is 9.51 Å². The first-order chi connectivity index (χ1) is 16.8. The molecule has 0 radical (unpaired) electrons. The summed E-state index contributed by atoms with van der Waals surface area (Å²) in [5, 5.41) is 16.5. The van der Waals surface area contributed by atoms with Crippen molar-refractivity contribution in [1.82, 2.24) is 25.1 Å². The number of benzene rings is 1. The van der Waals surface area contributed by atoms with E-state index in [0.717, 1.165) is 42.2 Å². The molecule has 4 heterocycles. The lowest BCUT2D eigenvalue weighted by Gasteiger charge is -2.30. The predicted octanol–water partition coefficient (Wildman–Crippen LogP) is 5.06. The number of hydrogen-bond acceptors (Lipinski definition) is 6. The molecular formula is C26H21F2N5O2. The van der Waals surface area contributed by atoms with Crippen molar-refractivity contribution in [3.05, 3.63) is 94.7 Å². The van der Waals surface area contributed by atoms with E-state index in [-0.39, 0.29) is 11.1 Å². The summed E-state index contributed by atoms with van der Waals surface area (Å²) in [5.41, 5.74) is 1.94. The number of fused-ring (bicyclic) bond motifs is 1. The van der Waals surface area contributed by atoms with Gasteiger partial charge in [0.15, 0.2) is 0 Å². The Kier molecular flexibility index (Phi) is 4.79. The molecule has 0 saturated heterocycles. The zero-order valence-corrected chi connectivity index (χ0v) is 19.0. The Bertz CT molecular complexity index is 1520. The molecule has 0 amide bonds. The SMILES string of the molecule is Cc1noc(C)c1-c1cc(C(O)(c2cncc(F)c2)c2cncc(F)c2)c2nc(C3CC3)[nH]c2c1. The minimum Gasteiger partial charge on any atom is -0.376 e. The van der Waals surface area contributed by atoms with Gasteiger partial charge in [0.05, 0.1) is 29.1 Å². The monoisotopic (exact) mass is 473 g/mol. The predicted molar refractivity (Wildman–Crippen MR) is 124 cm³/mol. The molecule has 0 atom stereocenters. The van der Waals surface area contributed by atoms with Gasteiger partial charge in [0.1, 0.15) is 28.8 Å². The molecule has 9 heteroatoms. The average molecular weight is 473 g/mol. The number of pyridine rings is 2. The quantitative estimate of drug-likeness (QED) is 0.370. The first-order valence-corrected chi connectivity index (χ1v) is 11.3. The van der Waals surface area contributed by atoms with Crippen LogP contribution in [0.2, 0.25) is 0 Å². The van der Waals surface area contributed by atoms with Gasteiger partial charge in [0.2, 0.25) is 0 Å². The normalized spacial score (nSPS) is 14.1. The zero-order valence-electron chi connectivity index (χ0n) is 19.0. The van der Waals surface area contributed by atoms with Crippen LogP contribution in [0.4, 0.5) is 8.78 Å². The highest BCUT2D eigenvalue weighted by Gasteiger charge is 2.39. The van der Waals surface area contributed by atoms with Gasteiger partial charge in [-0.15, -0.1) is 0 Å². The van der Waals surface area contributed by atoms with Crippen molar-refractivity contribution < 1.29 is 18.4 Å². The summed E-state index contributed by atoms with van der Waals surface area (Å²) < 4.78 is 34.1. The van der Waals surface area contributed by atoms with Crippen LogP contribution in [0.3, 0.4) is 0 Å². The highest BCUT2D eigenvalue weighted by molar-refractivity contribution is 5.88. The van der Waals surface area contributed by atoms with Gasteiger partial charge in [0, 0.05) is 40.6 Å². The summed E-state index contributed by atoms with van der Waals surface area (Å²) in [6, 6.07) is 6.06. The Labute approximate surface area is 198 Å². The molecule has 1 aliphatic rings. The molecule has 6 rings (SSSR count). The van der Waals surface area contributed by atoms with E-state index >= 15 is 0 Å². The summed E-state index contributed by atoms with van der Waals surface area (Å²) in [5.74, 6) is 0.470. The first kappa shape index (κ1) is 21.5. The lowest BCUT2D eigenvalue weighted by atomic mass is 9.80. The number of imidazole rings is 1. The number of rotatable bonds is 5. The van der Waals surface area contributed by atoms with Crippen molar-refractivity contribution in [2.45, 2.75) is 38.2 Å². The molecule has 1 fully saturated rings. The molecule has 2 N–H and O–H groups in total. The van der Waals surface area contributed by atoms with E-state index < -0.39 is 17.2 Å². The molecule has 35 heavy (non-hydrogen) atoms. The molecule has 0 bridgehead atoms. The van der Waals surface area contributed by atoms with Gasteiger partial charge in [0.25, 0.3) is 0 Å². The Balaban J connectivity index is 1.71. The van der Waals surface area contributed by atoms with Gasteiger partial charge < -0.3 is 14.6 Å². The van der Waals surface area contributed by atoms with Crippen molar-refractivity contribution in [2.75, 3.05) is 0 Å². The van der Waals surface area contributed by atoms with Crippen LogP contribution >= 0.6 is 0 Å². The first-order valence-electron chi connectivity index (χ1n) is 11.3. The van der Waals surface area contributed by atoms with Crippen LogP contribution in [-0.2, 0) is 5.60 Å². The topological polar surface area (TPSA) is 101 Å². The van der Waals surface area contributed by atoms with E-state index in [1.807, 2.05) is 13.0 Å². The number of aryl methyl sites for hydroxylation is 2. The van der Waals surface area contributed by atoms with Crippen LogP contribution in [0.1, 0.15) is 52.7 Å². The van der Waals surface area contributed by atoms with Gasteiger partial charge in [-0.3, -0.25) is 9.97 Å². The fourth-order valence-corrected chi connectivity index (χ4v) is 4.70. The fourth-order valence-electron chi connectivity index (χ4n) is 4.70. The molecular weight excluding hydrogens is 452 g/mol. The van der Waals surface area contributed by atoms with Gasteiger partial charge in [-0.2, -0.15) is 0 Å². The number of aromatic amines is 1. The number of nitrogens with zero attached hydrogens (tertiary/aromatic N) is 4. The number of halogens is 2. The number of aliphatic hydroxyl groups is 1. The maximum absolute atomic E-state index is 14.3. The van der Waals surface area contributed by atoms with E-state index in [1.165, 1.54) is 24.5 Å². The van der Waals surface area contributed by atoms with Crippen LogP contribution in [0.15, 0.2) is 53.6 Å². The average Bonchev–Trinajstić information content (AvgIpc) is 3.52. The van der Waals surface area contributed by atoms with Crippen LogP contribution in [0, 0.1) is 25.5 Å². The van der Waals surface area contributed by atoms with Gasteiger partial charge in [-0.05, 0) is 56.5 Å². The highest BCUT2D eigenvalue weighted by atomic mass is 19.1. The van der Waals surface area contributed by atoms with Crippen LogP contribution in [0.5, 0.6) is 0 Å². The van der Waals surface area contributed by atoms with Crippen LogP contribution in [-0.4, -0.2) is 30.2 Å². The molecule has 0 aliphatic heterocycles. The summed E-state index contributed by atoms with van der Waals surface area (Å²) in [6.45, 7) is 3.64. The standard InChI is InChI=1S/C26H21F2N5O2/c1-13-23(14(2)35-33-13)16-5-21(24-22(6-16)31-25(32-24)15-3-4-15)26(34,17-7-19(27)11-29-9-17)18-8-20(28)12-30-10-18/h5-12,15,34H,3-4H2,1-2H3,(H,31,32). The third kappa shape index (κ3) is 3.50. The molecule has 5 aromatic rings. The third-order valence-corrected chi connectivity index (χ3v) is 6.53. The third-order valence-electron chi connectivity index (χ3n) is 6.53. The molecule has 0 spiro atoms. The maximum Gasteiger partial charge on any atom is 0.145 e. The van der Waals surface area contributed by atoms with Gasteiger partial charge in [-0.25, -0.2) is 13.8 Å². The van der Waals surface area contributed by atoms with Crippen LogP contribution < -0.4 is 0 Å². The maximum atomic E-state index is 14.3. The van der Waals surface area contributed by atoms with Crippen molar-refractivity contribution in [1.29, 1.82) is 0 Å². The molecule has 4 aromatic heterocycles. The smallest absolute Gasteiger partial charge is 0.145 e. The molecule has 1 aromatic carbocycles. The number of aromatic nitrogens is 5. The zero-order chi connectivity index (χ0) is 24.3. The molecule has 1 aliphatic carbocycles. The second-order valence-electron chi connectivity index (χ2n) is 9.01. The molecule has 0 unspecified atom stereocenters. The fraction of sp³-hybridized carbons (Fsp3) is 0.231. The van der Waals surface area contributed by atoms with Gasteiger partial charge >= 0.3 is 0 Å². The lowest BCUT2D eigenvalue weighted by Crippen LogP contribution is -2.30. The largest absolute Gasteiger partial charge is 0.376 e. The lowest BCUT2D eigenvalue weighted by molar-refractivity contribution is 0.125.